The minimum atomic E-state index is -0.578. The molecule has 4 rings (SSSR count). The maximum Gasteiger partial charge on any atom is 0.330 e. The molecule has 0 spiro atoms. The number of rotatable bonds is 8. The van der Waals surface area contributed by atoms with Crippen molar-refractivity contribution in [2.24, 2.45) is 5.41 Å². The Bertz CT molecular complexity index is 1180. The van der Waals surface area contributed by atoms with E-state index < -0.39 is 5.41 Å². The van der Waals surface area contributed by atoms with Crippen molar-refractivity contribution in [2.45, 2.75) is 52.4 Å². The van der Waals surface area contributed by atoms with Gasteiger partial charge in [-0.15, -0.1) is 5.06 Å². The molecule has 37 heavy (non-hydrogen) atoms. The number of amides is 1. The van der Waals surface area contributed by atoms with Gasteiger partial charge in [0.1, 0.15) is 0 Å². The Hall–Kier alpha value is -3.55. The molecule has 0 saturated carbocycles. The van der Waals surface area contributed by atoms with Crippen molar-refractivity contribution in [3.63, 3.8) is 0 Å². The topological polar surface area (TPSA) is 80.8 Å². The number of carbonyl (C=O) groups excluding carboxylic acids is 2. The maximum absolute atomic E-state index is 12.5. The molecule has 0 bridgehead atoms. The van der Waals surface area contributed by atoms with E-state index in [0.29, 0.717) is 31.8 Å². The van der Waals surface area contributed by atoms with Crippen LogP contribution in [0.15, 0.2) is 79.1 Å². The van der Waals surface area contributed by atoms with Crippen LogP contribution in [-0.4, -0.2) is 41.1 Å². The number of pyridine rings is 1. The first-order valence-corrected chi connectivity index (χ1v) is 12.7. The van der Waals surface area contributed by atoms with Gasteiger partial charge in [0.2, 0.25) is 0 Å². The van der Waals surface area contributed by atoms with Crippen LogP contribution >= 0.6 is 0 Å². The molecule has 2 aromatic carbocycles. The fraction of sp³-hybridized carbons (Fsp3) is 0.367. The molecule has 1 saturated heterocycles. The average molecular weight is 502 g/mol. The maximum atomic E-state index is 12.5. The second-order valence-corrected chi connectivity index (χ2v) is 10.4. The van der Waals surface area contributed by atoms with Crippen molar-refractivity contribution in [3.05, 3.63) is 101 Å². The van der Waals surface area contributed by atoms with Gasteiger partial charge in [0.15, 0.2) is 0 Å². The Morgan fingerprint density at radius 2 is 1.73 bits per heavy atom. The number of carbonyl (C=O) groups is 2. The molecule has 194 valence electrons. The Morgan fingerprint density at radius 1 is 1.00 bits per heavy atom. The van der Waals surface area contributed by atoms with Crippen LogP contribution < -0.4 is 5.32 Å². The summed E-state index contributed by atoms with van der Waals surface area (Å²) in [4.78, 5) is 34.7. The van der Waals surface area contributed by atoms with Crippen molar-refractivity contribution < 1.29 is 19.2 Å². The molecule has 1 fully saturated rings. The lowest BCUT2D eigenvalue weighted by Gasteiger charge is -2.38. The number of ether oxygens (including phenoxy) is 1. The van der Waals surface area contributed by atoms with Crippen molar-refractivity contribution in [1.82, 2.24) is 15.4 Å². The summed E-state index contributed by atoms with van der Waals surface area (Å²) < 4.78 is 6.51. The highest BCUT2D eigenvalue weighted by atomic mass is 16.7. The van der Waals surface area contributed by atoms with Crippen LogP contribution in [0.2, 0.25) is 0 Å². The lowest BCUT2D eigenvalue weighted by molar-refractivity contribution is -0.216. The minimum Gasteiger partial charge on any atom is -0.371 e. The van der Waals surface area contributed by atoms with E-state index in [1.807, 2.05) is 63.2 Å². The van der Waals surface area contributed by atoms with Crippen LogP contribution in [0.1, 0.15) is 60.2 Å². The van der Waals surface area contributed by atoms with Gasteiger partial charge >= 0.3 is 5.97 Å². The summed E-state index contributed by atoms with van der Waals surface area (Å²) in [5.41, 5.74) is 3.15. The molecule has 2 heterocycles. The van der Waals surface area contributed by atoms with Gasteiger partial charge in [-0.1, -0.05) is 54.6 Å². The Balaban J connectivity index is 1.44. The quantitative estimate of drug-likeness (QED) is 0.473. The number of hydrogen-bond donors (Lipinski definition) is 1. The predicted molar refractivity (Wildman–Crippen MR) is 141 cm³/mol. The first-order chi connectivity index (χ1) is 17.8. The normalized spacial score (nSPS) is 18.2. The van der Waals surface area contributed by atoms with Crippen molar-refractivity contribution >= 4 is 11.9 Å². The number of piperidine rings is 1. The van der Waals surface area contributed by atoms with Crippen LogP contribution in [0, 0.1) is 5.41 Å². The molecule has 3 aromatic rings. The minimum absolute atomic E-state index is 0.165. The third-order valence-electron chi connectivity index (χ3n) is 6.51. The monoisotopic (exact) mass is 501 g/mol. The Labute approximate surface area is 218 Å². The van der Waals surface area contributed by atoms with E-state index in [9.17, 15) is 9.59 Å². The van der Waals surface area contributed by atoms with Crippen molar-refractivity contribution in [1.29, 1.82) is 0 Å². The summed E-state index contributed by atoms with van der Waals surface area (Å²) in [6.45, 7) is 7.46. The smallest absolute Gasteiger partial charge is 0.330 e. The molecule has 1 aromatic heterocycles. The summed E-state index contributed by atoms with van der Waals surface area (Å²) in [6, 6.07) is 21.8. The van der Waals surface area contributed by atoms with E-state index in [2.05, 4.69) is 22.4 Å². The lowest BCUT2D eigenvalue weighted by Crippen LogP contribution is -2.46. The summed E-state index contributed by atoms with van der Waals surface area (Å²) >= 11 is 0. The van der Waals surface area contributed by atoms with E-state index in [1.54, 1.807) is 29.6 Å². The van der Waals surface area contributed by atoms with Crippen LogP contribution in [0.4, 0.5) is 0 Å². The predicted octanol–water partition coefficient (Wildman–Crippen LogP) is 4.89. The zero-order chi connectivity index (χ0) is 26.3. The molecule has 1 aliphatic rings. The number of benzene rings is 2. The molecule has 7 nitrogen and oxygen atoms in total. The zero-order valence-electron chi connectivity index (χ0n) is 21.7. The molecule has 2 atom stereocenters. The standard InChI is InChI=1S/C30H35N3O4/c1-30(2,3)29(35)37-33-17-15-26(22-10-5-4-6-11-22)27(20-33)36-21-25-13-8-7-12-23(25)19-32-28(34)24-14-9-16-31-18-24/h4-14,16,18,26-27H,15,17,19-21H2,1-3H3,(H,32,34). The first kappa shape index (κ1) is 26.5. The molecule has 7 heteroatoms. The molecule has 0 radical (unpaired) electrons. The van der Waals surface area contributed by atoms with Gasteiger partial charge in [-0.05, 0) is 56.0 Å². The van der Waals surface area contributed by atoms with Gasteiger partial charge in [0.25, 0.3) is 5.91 Å². The lowest BCUT2D eigenvalue weighted by atomic mass is 9.87. The second-order valence-electron chi connectivity index (χ2n) is 10.4. The third kappa shape index (κ3) is 7.24. The van der Waals surface area contributed by atoms with Crippen LogP contribution in [0.5, 0.6) is 0 Å². The van der Waals surface area contributed by atoms with Gasteiger partial charge in [-0.2, -0.15) is 0 Å². The van der Waals surface area contributed by atoms with Crippen molar-refractivity contribution in [3.8, 4) is 0 Å². The first-order valence-electron chi connectivity index (χ1n) is 12.7. The Kier molecular flexibility index (Phi) is 8.69. The van der Waals surface area contributed by atoms with Gasteiger partial charge in [-0.3, -0.25) is 9.78 Å². The molecular formula is C30H35N3O4. The summed E-state index contributed by atoms with van der Waals surface area (Å²) in [5.74, 6) is -0.237. The van der Waals surface area contributed by atoms with Crippen LogP contribution in [0.3, 0.4) is 0 Å². The summed E-state index contributed by atoms with van der Waals surface area (Å²) in [7, 11) is 0. The molecule has 1 aliphatic heterocycles. The summed E-state index contributed by atoms with van der Waals surface area (Å²) in [6.07, 6.45) is 3.84. The zero-order valence-corrected chi connectivity index (χ0v) is 21.7. The van der Waals surface area contributed by atoms with E-state index in [4.69, 9.17) is 9.57 Å². The second kappa shape index (κ2) is 12.1. The molecule has 1 amide bonds. The average Bonchev–Trinajstić information content (AvgIpc) is 2.91. The number of aromatic nitrogens is 1. The van der Waals surface area contributed by atoms with Crippen LogP contribution in [0.25, 0.3) is 0 Å². The largest absolute Gasteiger partial charge is 0.371 e. The highest BCUT2D eigenvalue weighted by Crippen LogP contribution is 2.32. The number of hydrogen-bond acceptors (Lipinski definition) is 6. The van der Waals surface area contributed by atoms with E-state index >= 15 is 0 Å². The van der Waals surface area contributed by atoms with E-state index in [0.717, 1.165) is 17.5 Å². The van der Waals surface area contributed by atoms with E-state index in [-0.39, 0.29) is 23.9 Å². The molecular weight excluding hydrogens is 466 g/mol. The summed E-state index contributed by atoms with van der Waals surface area (Å²) in [5, 5.41) is 4.70. The highest BCUT2D eigenvalue weighted by Gasteiger charge is 2.35. The molecule has 2 unspecified atom stereocenters. The highest BCUT2D eigenvalue weighted by molar-refractivity contribution is 5.93. The fourth-order valence-electron chi connectivity index (χ4n) is 4.32. The van der Waals surface area contributed by atoms with Gasteiger partial charge < -0.3 is 14.9 Å². The Morgan fingerprint density at radius 3 is 2.43 bits per heavy atom. The third-order valence-corrected chi connectivity index (χ3v) is 6.51. The van der Waals surface area contributed by atoms with E-state index in [1.165, 1.54) is 5.56 Å². The number of nitrogens with one attached hydrogen (secondary N) is 1. The van der Waals surface area contributed by atoms with Gasteiger partial charge in [-0.25, -0.2) is 4.79 Å². The SMILES string of the molecule is CC(C)(C)C(=O)ON1CCC(c2ccccc2)C(OCc2ccccc2CNC(=O)c2cccnc2)C1. The molecule has 0 aliphatic carbocycles. The van der Waals surface area contributed by atoms with Gasteiger partial charge in [0, 0.05) is 31.4 Å². The van der Waals surface area contributed by atoms with Crippen molar-refractivity contribution in [2.75, 3.05) is 13.1 Å². The van der Waals surface area contributed by atoms with Gasteiger partial charge in [0.05, 0.1) is 30.2 Å². The van der Waals surface area contributed by atoms with Crippen LogP contribution in [-0.2, 0) is 27.5 Å². The number of hydroxylamine groups is 2. The molecule has 1 N–H and O–H groups in total. The number of nitrogens with zero attached hydrogens (tertiary/aromatic N) is 2. The fourth-order valence-corrected chi connectivity index (χ4v) is 4.32.